The van der Waals surface area contributed by atoms with E-state index >= 15 is 0 Å². The molecule has 1 heterocycles. The molecule has 162 valence electrons. The van der Waals surface area contributed by atoms with Crippen LogP contribution in [0.5, 0.6) is 0 Å². The Morgan fingerprint density at radius 1 is 1.37 bits per heavy atom. The Labute approximate surface area is 177 Å². The fourth-order valence-electron chi connectivity index (χ4n) is 4.51. The summed E-state index contributed by atoms with van der Waals surface area (Å²) in [5, 5.41) is 13.4. The van der Waals surface area contributed by atoms with Crippen molar-refractivity contribution in [1.29, 1.82) is 0 Å². The number of nitrogens with zero attached hydrogens (tertiary/aromatic N) is 1. The molecule has 0 spiro atoms. The number of aliphatic hydroxyl groups is 1. The second-order valence-electron chi connectivity index (χ2n) is 8.87. The number of amides is 1. The zero-order valence-electron chi connectivity index (χ0n) is 17.8. The van der Waals surface area contributed by atoms with E-state index in [1.165, 1.54) is 5.56 Å². The number of H-pyrrole nitrogens is 1. The number of aromatic amines is 1. The van der Waals surface area contributed by atoms with Crippen LogP contribution in [0.4, 0.5) is 5.95 Å². The Hall–Kier alpha value is -2.67. The molecule has 0 radical (unpaired) electrons. The van der Waals surface area contributed by atoms with Crippen LogP contribution in [0, 0.1) is 12.3 Å². The molecule has 0 unspecified atom stereocenters. The predicted molar refractivity (Wildman–Crippen MR) is 117 cm³/mol. The van der Waals surface area contributed by atoms with Crippen molar-refractivity contribution in [1.82, 2.24) is 15.3 Å². The van der Waals surface area contributed by atoms with Crippen LogP contribution >= 0.6 is 0 Å². The van der Waals surface area contributed by atoms with E-state index in [2.05, 4.69) is 34.3 Å². The number of carbonyl (C=O) groups excluding carboxylic acids is 1. The molecule has 0 aliphatic heterocycles. The molecule has 2 aromatic rings. The van der Waals surface area contributed by atoms with Gasteiger partial charge in [0.15, 0.2) is 0 Å². The molecule has 3 atom stereocenters. The topological polar surface area (TPSA) is 121 Å². The van der Waals surface area contributed by atoms with Crippen LogP contribution in [0.25, 0.3) is 0 Å². The highest BCUT2D eigenvalue weighted by atomic mass is 16.3. The lowest BCUT2D eigenvalue weighted by molar-refractivity contribution is -0.121. The Balaban J connectivity index is 1.68. The summed E-state index contributed by atoms with van der Waals surface area (Å²) < 4.78 is 0. The van der Waals surface area contributed by atoms with Gasteiger partial charge in [0, 0.05) is 12.1 Å². The monoisotopic (exact) mass is 412 g/mol. The number of aryl methyl sites for hydroxylation is 1. The van der Waals surface area contributed by atoms with Crippen LogP contribution in [0.3, 0.4) is 0 Å². The van der Waals surface area contributed by atoms with Gasteiger partial charge in [-0.25, -0.2) is 4.98 Å². The van der Waals surface area contributed by atoms with Crippen molar-refractivity contribution in [3.8, 4) is 0 Å². The normalized spacial score (nSPS) is 24.6. The molecule has 5 N–H and O–H groups in total. The van der Waals surface area contributed by atoms with E-state index in [0.29, 0.717) is 17.8 Å². The lowest BCUT2D eigenvalue weighted by Crippen LogP contribution is -2.39. The van der Waals surface area contributed by atoms with E-state index in [1.54, 1.807) is 6.92 Å². The molecule has 7 heteroatoms. The van der Waals surface area contributed by atoms with Gasteiger partial charge in [0.25, 0.3) is 5.56 Å². The number of anilines is 1. The third-order valence-corrected chi connectivity index (χ3v) is 6.17. The quantitative estimate of drug-likeness (QED) is 0.601. The lowest BCUT2D eigenvalue weighted by Gasteiger charge is -2.37. The van der Waals surface area contributed by atoms with Crippen molar-refractivity contribution in [2.24, 2.45) is 5.41 Å². The summed E-state index contributed by atoms with van der Waals surface area (Å²) in [6, 6.07) is 10.3. The highest BCUT2D eigenvalue weighted by Gasteiger charge is 2.32. The standard InChI is InChI=1S/C23H32N4O3/c1-15-19(21(30)27-22(24)26-15)12-20(29)25-14-23(2)10-6-9-18(28)11-17(13-23)16-7-4-3-5-8-16/h3-5,7-8,17-18,28H,6,9-14H2,1-2H3,(H,25,29)(H3,24,26,27,30)/t17-,18+,23+/m0/s1. The number of benzene rings is 1. The molecule has 1 aliphatic carbocycles. The SMILES string of the molecule is Cc1nc(N)[nH]c(=O)c1CC(=O)NC[C@]1(C)CCC[C@@H](O)C[C@H](c2ccccc2)C1. The summed E-state index contributed by atoms with van der Waals surface area (Å²) in [5.74, 6) is 0.0994. The van der Waals surface area contributed by atoms with Gasteiger partial charge in [-0.05, 0) is 49.5 Å². The minimum Gasteiger partial charge on any atom is -0.393 e. The highest BCUT2D eigenvalue weighted by Crippen LogP contribution is 2.40. The van der Waals surface area contributed by atoms with Crippen molar-refractivity contribution in [3.63, 3.8) is 0 Å². The summed E-state index contributed by atoms with van der Waals surface area (Å²) in [7, 11) is 0. The zero-order chi connectivity index (χ0) is 21.7. The number of hydrogen-bond donors (Lipinski definition) is 4. The second-order valence-corrected chi connectivity index (χ2v) is 8.87. The van der Waals surface area contributed by atoms with E-state index in [4.69, 9.17) is 5.73 Å². The molecule has 7 nitrogen and oxygen atoms in total. The smallest absolute Gasteiger partial charge is 0.256 e. The predicted octanol–water partition coefficient (Wildman–Crippen LogP) is 2.43. The molecule has 0 bridgehead atoms. The molecule has 1 saturated carbocycles. The van der Waals surface area contributed by atoms with Crippen LogP contribution in [0.2, 0.25) is 0 Å². The maximum absolute atomic E-state index is 12.6. The van der Waals surface area contributed by atoms with Gasteiger partial charge in [0.05, 0.1) is 18.2 Å². The van der Waals surface area contributed by atoms with Gasteiger partial charge in [-0.15, -0.1) is 0 Å². The fourth-order valence-corrected chi connectivity index (χ4v) is 4.51. The van der Waals surface area contributed by atoms with Crippen molar-refractivity contribution in [2.75, 3.05) is 12.3 Å². The maximum atomic E-state index is 12.6. The summed E-state index contributed by atoms with van der Waals surface area (Å²) >= 11 is 0. The lowest BCUT2D eigenvalue weighted by atomic mass is 9.71. The first kappa shape index (κ1) is 22.0. The molecule has 1 fully saturated rings. The first-order chi connectivity index (χ1) is 14.3. The van der Waals surface area contributed by atoms with E-state index in [-0.39, 0.29) is 41.3 Å². The van der Waals surface area contributed by atoms with E-state index < -0.39 is 0 Å². The first-order valence-electron chi connectivity index (χ1n) is 10.6. The Kier molecular flexibility index (Phi) is 6.92. The Morgan fingerprint density at radius 2 is 2.10 bits per heavy atom. The number of nitrogen functional groups attached to an aromatic ring is 1. The number of hydrogen-bond acceptors (Lipinski definition) is 5. The van der Waals surface area contributed by atoms with Crippen molar-refractivity contribution >= 4 is 11.9 Å². The fraction of sp³-hybridized carbons (Fsp3) is 0.522. The molecule has 1 aliphatic rings. The van der Waals surface area contributed by atoms with E-state index in [1.807, 2.05) is 18.2 Å². The third kappa shape index (κ3) is 5.69. The minimum absolute atomic E-state index is 0.0225. The van der Waals surface area contributed by atoms with E-state index in [0.717, 1.165) is 32.1 Å². The van der Waals surface area contributed by atoms with Crippen LogP contribution in [-0.2, 0) is 11.2 Å². The average Bonchev–Trinajstić information content (AvgIpc) is 2.68. The molecule has 1 amide bonds. The average molecular weight is 413 g/mol. The van der Waals surface area contributed by atoms with Crippen LogP contribution in [0.15, 0.2) is 35.1 Å². The van der Waals surface area contributed by atoms with Crippen molar-refractivity contribution < 1.29 is 9.90 Å². The molecule has 3 rings (SSSR count). The Bertz CT molecular complexity index is 928. The highest BCUT2D eigenvalue weighted by molar-refractivity contribution is 5.78. The molecular formula is C23H32N4O3. The van der Waals surface area contributed by atoms with Gasteiger partial charge >= 0.3 is 0 Å². The molecule has 1 aromatic heterocycles. The van der Waals surface area contributed by atoms with Gasteiger partial charge in [0.1, 0.15) is 0 Å². The van der Waals surface area contributed by atoms with Gasteiger partial charge < -0.3 is 16.2 Å². The second kappa shape index (κ2) is 9.43. The van der Waals surface area contributed by atoms with Crippen molar-refractivity contribution in [2.45, 2.75) is 64.4 Å². The van der Waals surface area contributed by atoms with Crippen LogP contribution in [0.1, 0.15) is 61.8 Å². The number of aliphatic hydroxyl groups excluding tert-OH is 1. The van der Waals surface area contributed by atoms with Crippen LogP contribution in [-0.4, -0.2) is 33.6 Å². The largest absolute Gasteiger partial charge is 0.393 e. The molecule has 30 heavy (non-hydrogen) atoms. The number of rotatable bonds is 5. The molecular weight excluding hydrogens is 380 g/mol. The first-order valence-corrected chi connectivity index (χ1v) is 10.6. The summed E-state index contributed by atoms with van der Waals surface area (Å²) in [6.45, 7) is 4.41. The van der Waals surface area contributed by atoms with Crippen LogP contribution < -0.4 is 16.6 Å². The minimum atomic E-state index is -0.370. The zero-order valence-corrected chi connectivity index (χ0v) is 17.8. The third-order valence-electron chi connectivity index (χ3n) is 6.17. The molecule has 1 aromatic carbocycles. The van der Waals surface area contributed by atoms with Gasteiger partial charge in [0.2, 0.25) is 11.9 Å². The number of aromatic nitrogens is 2. The number of nitrogens with two attached hydrogens (primary N) is 1. The van der Waals surface area contributed by atoms with Crippen molar-refractivity contribution in [3.05, 3.63) is 57.5 Å². The number of nitrogens with one attached hydrogen (secondary N) is 2. The molecule has 0 saturated heterocycles. The van der Waals surface area contributed by atoms with Gasteiger partial charge in [-0.1, -0.05) is 43.7 Å². The van der Waals surface area contributed by atoms with E-state index in [9.17, 15) is 14.7 Å². The van der Waals surface area contributed by atoms with Gasteiger partial charge in [-0.2, -0.15) is 0 Å². The summed E-state index contributed by atoms with van der Waals surface area (Å²) in [6.07, 6.45) is 3.94. The van der Waals surface area contributed by atoms with Gasteiger partial charge in [-0.3, -0.25) is 14.6 Å². The maximum Gasteiger partial charge on any atom is 0.256 e. The summed E-state index contributed by atoms with van der Waals surface area (Å²) in [4.78, 5) is 31.2. The number of carbonyl (C=O) groups is 1. The Morgan fingerprint density at radius 3 is 2.80 bits per heavy atom. The summed E-state index contributed by atoms with van der Waals surface area (Å²) in [5.41, 5.74) is 7.13.